The third-order valence-electron chi connectivity index (χ3n) is 6.46. The highest BCUT2D eigenvalue weighted by atomic mass is 16.2. The maximum Gasteiger partial charge on any atom is 0.256 e. The summed E-state index contributed by atoms with van der Waals surface area (Å²) in [5, 5.41) is 9.45. The van der Waals surface area contributed by atoms with Gasteiger partial charge in [-0.25, -0.2) is 4.98 Å². The first-order valence-electron chi connectivity index (χ1n) is 11.5. The van der Waals surface area contributed by atoms with Gasteiger partial charge in [0.1, 0.15) is 11.7 Å². The average molecular weight is 483 g/mol. The Labute approximate surface area is 204 Å². The Balaban J connectivity index is 1.18. The summed E-state index contributed by atoms with van der Waals surface area (Å²) in [5.41, 5.74) is 3.47. The number of carbonyl (C=O) groups excluding carboxylic acids is 4. The van der Waals surface area contributed by atoms with E-state index in [1.807, 2.05) is 35.0 Å². The second-order valence-corrected chi connectivity index (χ2v) is 8.81. The zero-order chi connectivity index (χ0) is 24.8. The fourth-order valence-corrected chi connectivity index (χ4v) is 4.74. The Bertz CT molecular complexity index is 1520. The Hall–Kier alpha value is -4.80. The van der Waals surface area contributed by atoms with Gasteiger partial charge in [0.05, 0.1) is 24.1 Å². The number of pyridine rings is 1. The first-order valence-corrected chi connectivity index (χ1v) is 11.5. The molecule has 0 aliphatic carbocycles. The highest BCUT2D eigenvalue weighted by Gasteiger charge is 2.40. The second kappa shape index (κ2) is 8.45. The van der Waals surface area contributed by atoms with E-state index in [-0.39, 0.29) is 37.1 Å². The number of rotatable bonds is 5. The summed E-state index contributed by atoms with van der Waals surface area (Å²) in [6.07, 6.45) is 7.54. The van der Waals surface area contributed by atoms with E-state index in [1.54, 1.807) is 35.3 Å². The molecule has 11 heteroatoms. The molecule has 1 aromatic carbocycles. The van der Waals surface area contributed by atoms with Crippen LogP contribution in [-0.4, -0.2) is 53.7 Å². The highest BCUT2D eigenvalue weighted by Crippen LogP contribution is 2.30. The van der Waals surface area contributed by atoms with E-state index in [9.17, 15) is 19.2 Å². The van der Waals surface area contributed by atoms with Crippen LogP contribution >= 0.6 is 0 Å². The van der Waals surface area contributed by atoms with Gasteiger partial charge in [-0.1, -0.05) is 12.1 Å². The molecule has 36 heavy (non-hydrogen) atoms. The number of imidazole rings is 1. The van der Waals surface area contributed by atoms with Gasteiger partial charge >= 0.3 is 0 Å². The van der Waals surface area contributed by atoms with Crippen LogP contribution in [-0.2, 0) is 22.7 Å². The van der Waals surface area contributed by atoms with Crippen molar-refractivity contribution >= 4 is 35.0 Å². The lowest BCUT2D eigenvalue weighted by Crippen LogP contribution is -2.52. The minimum atomic E-state index is -0.739. The number of nitrogens with one attached hydrogen (secondary N) is 2. The van der Waals surface area contributed by atoms with E-state index in [1.165, 1.54) is 4.90 Å². The van der Waals surface area contributed by atoms with E-state index >= 15 is 0 Å². The van der Waals surface area contributed by atoms with Gasteiger partial charge in [-0.2, -0.15) is 5.10 Å². The Morgan fingerprint density at radius 3 is 2.83 bits per heavy atom. The number of amides is 4. The van der Waals surface area contributed by atoms with E-state index < -0.39 is 11.9 Å². The van der Waals surface area contributed by atoms with Gasteiger partial charge in [0.25, 0.3) is 11.8 Å². The molecule has 1 unspecified atom stereocenters. The summed E-state index contributed by atoms with van der Waals surface area (Å²) < 4.78 is 3.61. The van der Waals surface area contributed by atoms with Crippen LogP contribution in [0.3, 0.4) is 0 Å². The Morgan fingerprint density at radius 2 is 2.00 bits per heavy atom. The Kier molecular flexibility index (Phi) is 5.10. The first-order chi connectivity index (χ1) is 17.5. The summed E-state index contributed by atoms with van der Waals surface area (Å²) in [6.45, 7) is 0.560. The van der Waals surface area contributed by atoms with Crippen LogP contribution < -0.4 is 10.6 Å². The summed E-state index contributed by atoms with van der Waals surface area (Å²) in [7, 11) is 0. The highest BCUT2D eigenvalue weighted by molar-refractivity contribution is 6.10. The number of hydrogen-bond donors (Lipinski definition) is 2. The fourth-order valence-electron chi connectivity index (χ4n) is 4.74. The summed E-state index contributed by atoms with van der Waals surface area (Å²) in [5.74, 6) is -1.54. The molecule has 1 atom stereocenters. The molecule has 4 amide bonds. The maximum atomic E-state index is 13.1. The molecule has 3 aromatic heterocycles. The van der Waals surface area contributed by atoms with Gasteiger partial charge in [-0.05, 0) is 36.2 Å². The predicted octanol–water partition coefficient (Wildman–Crippen LogP) is 1.59. The fraction of sp³-hybridized carbons (Fsp3) is 0.200. The van der Waals surface area contributed by atoms with Crippen molar-refractivity contribution in [1.82, 2.24) is 29.4 Å². The molecule has 2 aliphatic rings. The van der Waals surface area contributed by atoms with Gasteiger partial charge in [-0.15, -0.1) is 0 Å². The van der Waals surface area contributed by atoms with Crippen molar-refractivity contribution in [2.75, 3.05) is 5.32 Å². The minimum Gasteiger partial charge on any atom is -0.322 e. The normalized spacial score (nSPS) is 17.4. The van der Waals surface area contributed by atoms with Crippen LogP contribution in [0.15, 0.2) is 61.2 Å². The lowest BCUT2D eigenvalue weighted by atomic mass is 10.0. The van der Waals surface area contributed by atoms with E-state index in [2.05, 4.69) is 20.7 Å². The molecule has 11 nitrogen and oxygen atoms in total. The summed E-state index contributed by atoms with van der Waals surface area (Å²) in [6, 6.07) is 9.97. The van der Waals surface area contributed by atoms with Gasteiger partial charge in [0.2, 0.25) is 11.8 Å². The zero-order valence-electron chi connectivity index (χ0n) is 19.0. The monoisotopic (exact) mass is 483 g/mol. The molecule has 5 heterocycles. The number of piperidine rings is 1. The molecule has 1 fully saturated rings. The smallest absolute Gasteiger partial charge is 0.256 e. The molecule has 180 valence electrons. The first kappa shape index (κ1) is 21.7. The molecule has 1 saturated heterocycles. The van der Waals surface area contributed by atoms with Crippen LogP contribution in [0.5, 0.6) is 0 Å². The van der Waals surface area contributed by atoms with Gasteiger partial charge in [0, 0.05) is 42.7 Å². The summed E-state index contributed by atoms with van der Waals surface area (Å²) >= 11 is 0. The van der Waals surface area contributed by atoms with E-state index in [0.717, 1.165) is 11.3 Å². The molecule has 0 bridgehead atoms. The van der Waals surface area contributed by atoms with Crippen molar-refractivity contribution in [1.29, 1.82) is 0 Å². The van der Waals surface area contributed by atoms with Crippen LogP contribution in [0.4, 0.5) is 5.69 Å². The lowest BCUT2D eigenvalue weighted by Gasteiger charge is -2.29. The number of benzene rings is 1. The molecule has 6 rings (SSSR count). The molecule has 0 saturated carbocycles. The third-order valence-corrected chi connectivity index (χ3v) is 6.46. The van der Waals surface area contributed by atoms with Crippen molar-refractivity contribution in [2.45, 2.75) is 32.0 Å². The molecule has 0 spiro atoms. The predicted molar refractivity (Wildman–Crippen MR) is 127 cm³/mol. The van der Waals surface area contributed by atoms with Gasteiger partial charge in [0.15, 0.2) is 0 Å². The zero-order valence-corrected chi connectivity index (χ0v) is 19.0. The SMILES string of the molecule is O=C1CCC(N2Cc3c(C(=O)Nc4cnn(Cc5cn6ccccc6n5)c4)cccc3C2=O)C(=O)N1. The molecule has 0 radical (unpaired) electrons. The number of fused-ring (bicyclic) bond motifs is 2. The standard InChI is InChI=1S/C25H21N7O4/c33-22-8-7-20(24(35)29-22)32-14-19-17(4-3-5-18(19)25(32)36)23(34)28-15-10-26-31(12-15)13-16-11-30-9-2-1-6-21(30)27-16/h1-6,9-12,20H,7-8,13-14H2,(H,28,34)(H,29,33,35). The largest absolute Gasteiger partial charge is 0.322 e. The van der Waals surface area contributed by atoms with Crippen molar-refractivity contribution < 1.29 is 19.2 Å². The van der Waals surface area contributed by atoms with Crippen LogP contribution in [0.25, 0.3) is 5.65 Å². The van der Waals surface area contributed by atoms with Crippen LogP contribution in [0, 0.1) is 0 Å². The van der Waals surface area contributed by atoms with Crippen LogP contribution in [0.1, 0.15) is 44.8 Å². The van der Waals surface area contributed by atoms with Crippen molar-refractivity contribution in [3.63, 3.8) is 0 Å². The summed E-state index contributed by atoms with van der Waals surface area (Å²) in [4.78, 5) is 55.9. The topological polar surface area (TPSA) is 131 Å². The molecular weight excluding hydrogens is 462 g/mol. The maximum absolute atomic E-state index is 13.1. The van der Waals surface area contributed by atoms with Crippen molar-refractivity contribution in [3.05, 3.63) is 83.6 Å². The lowest BCUT2D eigenvalue weighted by molar-refractivity contribution is -0.136. The van der Waals surface area contributed by atoms with E-state index in [4.69, 9.17) is 0 Å². The second-order valence-electron chi connectivity index (χ2n) is 8.81. The van der Waals surface area contributed by atoms with Crippen molar-refractivity contribution in [3.8, 4) is 0 Å². The molecular formula is C25H21N7O4. The molecule has 2 aliphatic heterocycles. The minimum absolute atomic E-state index is 0.122. The molecule has 4 aromatic rings. The number of aromatic nitrogens is 4. The van der Waals surface area contributed by atoms with Gasteiger partial charge in [-0.3, -0.25) is 29.2 Å². The quantitative estimate of drug-likeness (QED) is 0.415. The number of hydrogen-bond acceptors (Lipinski definition) is 6. The number of carbonyl (C=O) groups is 4. The van der Waals surface area contributed by atoms with Crippen LogP contribution in [0.2, 0.25) is 0 Å². The number of nitrogens with zero attached hydrogens (tertiary/aromatic N) is 5. The van der Waals surface area contributed by atoms with Crippen molar-refractivity contribution in [2.24, 2.45) is 0 Å². The Morgan fingerprint density at radius 1 is 1.11 bits per heavy atom. The number of anilines is 1. The molecule has 2 N–H and O–H groups in total. The third kappa shape index (κ3) is 3.80. The average Bonchev–Trinajstić information content (AvgIpc) is 3.56. The van der Waals surface area contributed by atoms with Gasteiger partial charge < -0.3 is 14.6 Å². The number of imide groups is 1. The van der Waals surface area contributed by atoms with E-state index in [0.29, 0.717) is 28.9 Å².